The Kier molecular flexibility index (Phi) is 12.5. The van der Waals surface area contributed by atoms with E-state index in [4.69, 9.17) is 27.9 Å². The molecule has 42 heavy (non-hydrogen) atoms. The molecule has 0 spiro atoms. The molecular weight excluding hydrogens is 597 g/mol. The molecule has 1 N–H and O–H groups in total. The first-order valence-corrected chi connectivity index (χ1v) is 16.1. The van der Waals surface area contributed by atoms with E-state index in [9.17, 15) is 18.0 Å². The van der Waals surface area contributed by atoms with E-state index < -0.39 is 28.5 Å². The van der Waals surface area contributed by atoms with Crippen LogP contribution in [0.25, 0.3) is 0 Å². The van der Waals surface area contributed by atoms with Crippen molar-refractivity contribution in [1.29, 1.82) is 0 Å². The number of halogens is 2. The highest BCUT2D eigenvalue weighted by Crippen LogP contribution is 2.27. The predicted octanol–water partition coefficient (Wildman–Crippen LogP) is 6.31. The van der Waals surface area contributed by atoms with Gasteiger partial charge < -0.3 is 15.0 Å². The minimum atomic E-state index is -4.19. The quantitative estimate of drug-likeness (QED) is 0.198. The van der Waals surface area contributed by atoms with Crippen LogP contribution in [0.1, 0.15) is 45.6 Å². The number of nitrogens with zero attached hydrogens (tertiary/aromatic N) is 2. The number of unbranched alkanes of at least 4 members (excludes halogenated alkanes) is 1. The summed E-state index contributed by atoms with van der Waals surface area (Å²) in [6.45, 7) is 6.02. The van der Waals surface area contributed by atoms with Gasteiger partial charge in [-0.15, -0.1) is 0 Å². The number of para-hydroxylation sites is 1. The van der Waals surface area contributed by atoms with E-state index >= 15 is 0 Å². The van der Waals surface area contributed by atoms with Crippen LogP contribution >= 0.6 is 23.2 Å². The fourth-order valence-corrected chi connectivity index (χ4v) is 6.27. The zero-order valence-corrected chi connectivity index (χ0v) is 26.4. The number of carbonyl (C=O) groups is 2. The molecule has 3 aromatic rings. The molecule has 1 atom stereocenters. The molecule has 2 amide bonds. The fourth-order valence-electron chi connectivity index (χ4n) is 4.38. The smallest absolute Gasteiger partial charge is 0.264 e. The molecule has 226 valence electrons. The maximum absolute atomic E-state index is 14.1. The van der Waals surface area contributed by atoms with Gasteiger partial charge in [-0.3, -0.25) is 13.9 Å². The normalized spacial score (nSPS) is 11.9. The van der Waals surface area contributed by atoms with Crippen LogP contribution in [0.4, 0.5) is 5.69 Å². The first-order valence-electron chi connectivity index (χ1n) is 13.9. The maximum Gasteiger partial charge on any atom is 0.264 e. The van der Waals surface area contributed by atoms with E-state index in [1.807, 2.05) is 13.8 Å². The van der Waals surface area contributed by atoms with Gasteiger partial charge in [-0.2, -0.15) is 0 Å². The molecule has 0 saturated carbocycles. The molecule has 0 heterocycles. The molecule has 1 unspecified atom stereocenters. The first-order chi connectivity index (χ1) is 20.1. The fraction of sp³-hybridized carbons (Fsp3) is 0.355. The number of hydrogen-bond acceptors (Lipinski definition) is 5. The van der Waals surface area contributed by atoms with Gasteiger partial charge in [0, 0.05) is 23.1 Å². The van der Waals surface area contributed by atoms with Gasteiger partial charge in [0.1, 0.15) is 18.3 Å². The molecule has 11 heteroatoms. The lowest BCUT2D eigenvalue weighted by Gasteiger charge is -2.33. The van der Waals surface area contributed by atoms with Crippen LogP contribution in [0.5, 0.6) is 5.75 Å². The van der Waals surface area contributed by atoms with Crippen molar-refractivity contribution >= 4 is 50.7 Å². The summed E-state index contributed by atoms with van der Waals surface area (Å²) >= 11 is 12.5. The Labute approximate surface area is 258 Å². The van der Waals surface area contributed by atoms with Crippen molar-refractivity contribution in [3.05, 3.63) is 88.4 Å². The molecule has 0 aliphatic carbocycles. The average Bonchev–Trinajstić information content (AvgIpc) is 2.97. The van der Waals surface area contributed by atoms with Crippen molar-refractivity contribution < 1.29 is 22.7 Å². The summed E-state index contributed by atoms with van der Waals surface area (Å²) in [6, 6.07) is 18.5. The number of carbonyl (C=O) groups excluding carboxylic acids is 2. The van der Waals surface area contributed by atoms with Gasteiger partial charge in [0.25, 0.3) is 10.0 Å². The van der Waals surface area contributed by atoms with Crippen molar-refractivity contribution in [3.63, 3.8) is 0 Å². The molecule has 0 radical (unpaired) electrons. The third kappa shape index (κ3) is 8.63. The summed E-state index contributed by atoms with van der Waals surface area (Å²) < 4.78 is 34.4. The lowest BCUT2D eigenvalue weighted by Crippen LogP contribution is -2.52. The molecular formula is C31H37Cl2N3O5S. The van der Waals surface area contributed by atoms with Crippen LogP contribution in [0, 0.1) is 0 Å². The molecule has 0 aliphatic rings. The van der Waals surface area contributed by atoms with E-state index in [1.54, 1.807) is 67.6 Å². The molecule has 0 bridgehead atoms. The third-order valence-electron chi connectivity index (χ3n) is 6.62. The predicted molar refractivity (Wildman–Crippen MR) is 168 cm³/mol. The van der Waals surface area contributed by atoms with Crippen molar-refractivity contribution in [2.75, 3.05) is 24.0 Å². The number of nitrogens with one attached hydrogen (secondary N) is 1. The summed E-state index contributed by atoms with van der Waals surface area (Å²) in [4.78, 5) is 28.8. The Bertz CT molecular complexity index is 1440. The van der Waals surface area contributed by atoms with Gasteiger partial charge in [-0.05, 0) is 73.9 Å². The molecule has 0 saturated heterocycles. The van der Waals surface area contributed by atoms with E-state index in [2.05, 4.69) is 5.32 Å². The van der Waals surface area contributed by atoms with Crippen molar-refractivity contribution in [1.82, 2.24) is 10.2 Å². The molecule has 0 aliphatic heterocycles. The van der Waals surface area contributed by atoms with Gasteiger partial charge in [0.2, 0.25) is 11.8 Å². The van der Waals surface area contributed by atoms with E-state index in [0.29, 0.717) is 46.6 Å². The van der Waals surface area contributed by atoms with Crippen LogP contribution in [-0.2, 0) is 26.2 Å². The highest BCUT2D eigenvalue weighted by molar-refractivity contribution is 7.92. The lowest BCUT2D eigenvalue weighted by atomic mass is 10.1. The van der Waals surface area contributed by atoms with Crippen LogP contribution in [0.15, 0.2) is 77.7 Å². The minimum absolute atomic E-state index is 0.000693. The Hall–Kier alpha value is -3.27. The summed E-state index contributed by atoms with van der Waals surface area (Å²) in [5, 5.41) is 3.68. The Morgan fingerprint density at radius 1 is 0.952 bits per heavy atom. The number of sulfonamides is 1. The molecule has 0 aromatic heterocycles. The second-order valence-electron chi connectivity index (χ2n) is 9.58. The topological polar surface area (TPSA) is 96.0 Å². The largest absolute Gasteiger partial charge is 0.494 e. The Balaban J connectivity index is 2.02. The standard InChI is InChI=1S/C31H37Cl2N3O5S/c1-4-7-19-34-31(38)29(5-2)35(21-23-13-14-24(32)20-28(23)33)30(37)22-36(25-11-9-8-10-12-25)42(39,40)27-17-15-26(16-18-27)41-6-3/h8-18,20,29H,4-7,19,21-22H2,1-3H3,(H,34,38). The average molecular weight is 635 g/mol. The van der Waals surface area contributed by atoms with Crippen LogP contribution in [0.2, 0.25) is 10.0 Å². The highest BCUT2D eigenvalue weighted by Gasteiger charge is 2.34. The van der Waals surface area contributed by atoms with Crippen molar-refractivity contribution in [3.8, 4) is 5.75 Å². The third-order valence-corrected chi connectivity index (χ3v) is 8.99. The van der Waals surface area contributed by atoms with Gasteiger partial charge in [0.05, 0.1) is 17.2 Å². The number of amides is 2. The number of rotatable bonds is 15. The Morgan fingerprint density at radius 2 is 1.64 bits per heavy atom. The SMILES string of the molecule is CCCCNC(=O)C(CC)N(Cc1ccc(Cl)cc1Cl)C(=O)CN(c1ccccc1)S(=O)(=O)c1ccc(OCC)cc1. The molecule has 8 nitrogen and oxygen atoms in total. The second kappa shape index (κ2) is 15.8. The second-order valence-corrected chi connectivity index (χ2v) is 12.3. The number of hydrogen-bond donors (Lipinski definition) is 1. The van der Waals surface area contributed by atoms with Crippen LogP contribution < -0.4 is 14.4 Å². The minimum Gasteiger partial charge on any atom is -0.494 e. The highest BCUT2D eigenvalue weighted by atomic mass is 35.5. The number of anilines is 1. The van der Waals surface area contributed by atoms with Gasteiger partial charge in [-0.1, -0.05) is 67.7 Å². The van der Waals surface area contributed by atoms with E-state index in [1.165, 1.54) is 17.0 Å². The summed E-state index contributed by atoms with van der Waals surface area (Å²) in [5.74, 6) is -0.341. The number of benzene rings is 3. The number of ether oxygens (including phenoxy) is 1. The molecule has 0 fully saturated rings. The first kappa shape index (κ1) is 33.2. The monoisotopic (exact) mass is 633 g/mol. The van der Waals surface area contributed by atoms with Crippen LogP contribution in [-0.4, -0.2) is 50.9 Å². The molecule has 3 aromatic carbocycles. The van der Waals surface area contributed by atoms with Gasteiger partial charge >= 0.3 is 0 Å². The van der Waals surface area contributed by atoms with Gasteiger partial charge in [0.15, 0.2) is 0 Å². The van der Waals surface area contributed by atoms with Crippen molar-refractivity contribution in [2.45, 2.75) is 57.5 Å². The lowest BCUT2D eigenvalue weighted by molar-refractivity contribution is -0.140. The zero-order chi connectivity index (χ0) is 30.7. The van der Waals surface area contributed by atoms with E-state index in [-0.39, 0.29) is 17.3 Å². The summed E-state index contributed by atoms with van der Waals surface area (Å²) in [6.07, 6.45) is 2.00. The summed E-state index contributed by atoms with van der Waals surface area (Å²) in [5.41, 5.74) is 0.888. The van der Waals surface area contributed by atoms with Gasteiger partial charge in [-0.25, -0.2) is 8.42 Å². The maximum atomic E-state index is 14.1. The van der Waals surface area contributed by atoms with Crippen LogP contribution in [0.3, 0.4) is 0 Å². The zero-order valence-electron chi connectivity index (χ0n) is 24.1. The summed E-state index contributed by atoms with van der Waals surface area (Å²) in [7, 11) is -4.19. The Morgan fingerprint density at radius 3 is 2.24 bits per heavy atom. The van der Waals surface area contributed by atoms with E-state index in [0.717, 1.165) is 17.1 Å². The van der Waals surface area contributed by atoms with Crippen molar-refractivity contribution in [2.24, 2.45) is 0 Å². The molecule has 3 rings (SSSR count).